The quantitative estimate of drug-likeness (QED) is 0.651. The molecule has 0 spiro atoms. The number of piperazine rings is 1. The molecule has 0 aliphatic carbocycles. The van der Waals surface area contributed by atoms with Gasteiger partial charge in [0.25, 0.3) is 5.91 Å². The summed E-state index contributed by atoms with van der Waals surface area (Å²) in [5.74, 6) is 0.735. The Morgan fingerprint density at radius 1 is 1.03 bits per heavy atom. The van der Waals surface area contributed by atoms with Gasteiger partial charge >= 0.3 is 0 Å². The predicted molar refractivity (Wildman–Crippen MR) is 122 cm³/mol. The van der Waals surface area contributed by atoms with Crippen molar-refractivity contribution < 1.29 is 9.53 Å². The van der Waals surface area contributed by atoms with Gasteiger partial charge in [0.2, 0.25) is 0 Å². The van der Waals surface area contributed by atoms with Gasteiger partial charge in [0.1, 0.15) is 11.4 Å². The molecule has 7 heteroatoms. The van der Waals surface area contributed by atoms with Gasteiger partial charge in [0, 0.05) is 37.2 Å². The maximum atomic E-state index is 12.6. The number of thiazole rings is 1. The van der Waals surface area contributed by atoms with E-state index in [1.165, 1.54) is 17.0 Å². The Morgan fingerprint density at radius 3 is 2.37 bits per heavy atom. The van der Waals surface area contributed by atoms with E-state index in [9.17, 15) is 4.79 Å². The highest BCUT2D eigenvalue weighted by atomic mass is 32.1. The van der Waals surface area contributed by atoms with Gasteiger partial charge in [-0.25, -0.2) is 4.98 Å². The number of carbonyl (C=O) groups excluding carboxylic acids is 1. The lowest BCUT2D eigenvalue weighted by atomic mass is 10.1. The second kappa shape index (κ2) is 9.17. The van der Waals surface area contributed by atoms with Crippen LogP contribution in [0.1, 0.15) is 29.0 Å². The molecule has 2 heterocycles. The molecule has 0 saturated carbocycles. The van der Waals surface area contributed by atoms with Gasteiger partial charge in [-0.15, -0.1) is 11.3 Å². The van der Waals surface area contributed by atoms with Crippen molar-refractivity contribution in [3.63, 3.8) is 0 Å². The third kappa shape index (κ3) is 4.57. The molecule has 1 amide bonds. The summed E-state index contributed by atoms with van der Waals surface area (Å²) in [4.78, 5) is 21.8. The Balaban J connectivity index is 1.33. The van der Waals surface area contributed by atoms with E-state index in [1.807, 2.05) is 54.8 Å². The molecule has 1 atom stereocenters. The number of nitrogens with zero attached hydrogens (tertiary/aromatic N) is 3. The molecular formula is C23H26N4O2S. The van der Waals surface area contributed by atoms with E-state index in [4.69, 9.17) is 4.74 Å². The average Bonchev–Trinajstić information content (AvgIpc) is 3.30. The maximum Gasteiger partial charge on any atom is 0.271 e. The van der Waals surface area contributed by atoms with Crippen LogP contribution in [-0.4, -0.2) is 44.2 Å². The molecule has 1 aliphatic rings. The van der Waals surface area contributed by atoms with E-state index in [2.05, 4.69) is 32.2 Å². The van der Waals surface area contributed by atoms with Crippen molar-refractivity contribution >= 4 is 28.1 Å². The summed E-state index contributed by atoms with van der Waals surface area (Å²) in [5, 5.41) is 5.78. The Bertz CT molecular complexity index is 966. The molecule has 1 unspecified atom stereocenters. The van der Waals surface area contributed by atoms with Crippen LogP contribution in [0.15, 0.2) is 60.0 Å². The van der Waals surface area contributed by atoms with Crippen LogP contribution in [0.2, 0.25) is 0 Å². The number of hydrogen-bond acceptors (Lipinski definition) is 6. The fourth-order valence-corrected chi connectivity index (χ4v) is 4.42. The zero-order valence-electron chi connectivity index (χ0n) is 17.2. The van der Waals surface area contributed by atoms with Crippen LogP contribution in [0.25, 0.3) is 0 Å². The van der Waals surface area contributed by atoms with Crippen LogP contribution < -0.4 is 19.9 Å². The number of ether oxygens (including phenoxy) is 1. The Labute approximate surface area is 181 Å². The fourth-order valence-electron chi connectivity index (χ4n) is 3.56. The normalized spacial score (nSPS) is 15.0. The standard InChI is InChI=1S/C23H26N4O2S/c1-17(18-6-4-3-5-7-18)24-22(28)21-16-30-23(25-21)27-14-12-26(13-15-27)19-8-10-20(29-2)11-9-19/h3-11,16-17H,12-15H2,1-2H3,(H,24,28). The minimum Gasteiger partial charge on any atom is -0.497 e. The SMILES string of the molecule is COc1ccc(N2CCN(c3nc(C(=O)NC(C)c4ccccc4)cs3)CC2)cc1. The molecule has 0 radical (unpaired) electrons. The van der Waals surface area contributed by atoms with Crippen LogP contribution in [0.3, 0.4) is 0 Å². The first kappa shape index (κ1) is 20.2. The molecule has 30 heavy (non-hydrogen) atoms. The fraction of sp³-hybridized carbons (Fsp3) is 0.304. The summed E-state index contributed by atoms with van der Waals surface area (Å²) in [6.45, 7) is 5.57. The van der Waals surface area contributed by atoms with Crippen molar-refractivity contribution in [1.82, 2.24) is 10.3 Å². The lowest BCUT2D eigenvalue weighted by Crippen LogP contribution is -2.46. The highest BCUT2D eigenvalue weighted by Gasteiger charge is 2.21. The zero-order chi connectivity index (χ0) is 20.9. The van der Waals surface area contributed by atoms with Crippen molar-refractivity contribution in [2.45, 2.75) is 13.0 Å². The highest BCUT2D eigenvalue weighted by molar-refractivity contribution is 7.13. The zero-order valence-corrected chi connectivity index (χ0v) is 18.1. The second-order valence-corrected chi connectivity index (χ2v) is 8.13. The first-order valence-corrected chi connectivity index (χ1v) is 11.0. The number of carbonyl (C=O) groups is 1. The first-order valence-electron chi connectivity index (χ1n) is 10.1. The van der Waals surface area contributed by atoms with E-state index in [0.29, 0.717) is 5.69 Å². The van der Waals surface area contributed by atoms with Gasteiger partial charge in [-0.3, -0.25) is 4.79 Å². The minimum absolute atomic E-state index is 0.0584. The van der Waals surface area contributed by atoms with Gasteiger partial charge in [-0.05, 0) is 36.8 Å². The minimum atomic E-state index is -0.134. The summed E-state index contributed by atoms with van der Waals surface area (Å²) < 4.78 is 5.24. The summed E-state index contributed by atoms with van der Waals surface area (Å²) in [5.41, 5.74) is 2.76. The highest BCUT2D eigenvalue weighted by Crippen LogP contribution is 2.25. The molecule has 0 bridgehead atoms. The van der Waals surface area contributed by atoms with Gasteiger partial charge in [0.15, 0.2) is 5.13 Å². The Hall–Kier alpha value is -3.06. The van der Waals surface area contributed by atoms with Gasteiger partial charge in [-0.1, -0.05) is 30.3 Å². The number of benzene rings is 2. The van der Waals surface area contributed by atoms with Gasteiger partial charge < -0.3 is 19.9 Å². The van der Waals surface area contributed by atoms with Crippen molar-refractivity contribution in [2.75, 3.05) is 43.1 Å². The smallest absolute Gasteiger partial charge is 0.271 e. The molecule has 1 aliphatic heterocycles. The van der Waals surface area contributed by atoms with Crippen molar-refractivity contribution in [3.8, 4) is 5.75 Å². The predicted octanol–water partition coefficient (Wildman–Crippen LogP) is 3.97. The number of anilines is 2. The van der Waals surface area contributed by atoms with Crippen LogP contribution in [0, 0.1) is 0 Å². The molecule has 156 valence electrons. The number of aromatic nitrogens is 1. The van der Waals surface area contributed by atoms with Crippen molar-refractivity contribution in [2.24, 2.45) is 0 Å². The maximum absolute atomic E-state index is 12.6. The second-order valence-electron chi connectivity index (χ2n) is 7.29. The largest absolute Gasteiger partial charge is 0.497 e. The third-order valence-corrected chi connectivity index (χ3v) is 6.26. The van der Waals surface area contributed by atoms with Crippen LogP contribution >= 0.6 is 11.3 Å². The van der Waals surface area contributed by atoms with E-state index in [-0.39, 0.29) is 11.9 Å². The van der Waals surface area contributed by atoms with E-state index < -0.39 is 0 Å². The molecule has 1 saturated heterocycles. The monoisotopic (exact) mass is 422 g/mol. The lowest BCUT2D eigenvalue weighted by molar-refractivity contribution is 0.0935. The van der Waals surface area contributed by atoms with Gasteiger partial charge in [0.05, 0.1) is 13.2 Å². The van der Waals surface area contributed by atoms with E-state index in [1.54, 1.807) is 7.11 Å². The number of amides is 1. The lowest BCUT2D eigenvalue weighted by Gasteiger charge is -2.36. The van der Waals surface area contributed by atoms with E-state index in [0.717, 1.165) is 42.6 Å². The molecular weight excluding hydrogens is 396 g/mol. The molecule has 2 aromatic carbocycles. The van der Waals surface area contributed by atoms with Crippen LogP contribution in [0.5, 0.6) is 5.75 Å². The molecule has 1 aromatic heterocycles. The number of hydrogen-bond donors (Lipinski definition) is 1. The average molecular weight is 423 g/mol. The molecule has 6 nitrogen and oxygen atoms in total. The number of nitrogens with one attached hydrogen (secondary N) is 1. The third-order valence-electron chi connectivity index (χ3n) is 5.36. The van der Waals surface area contributed by atoms with Crippen molar-refractivity contribution in [3.05, 3.63) is 71.2 Å². The molecule has 4 rings (SSSR count). The summed E-state index contributed by atoms with van der Waals surface area (Å²) in [6.07, 6.45) is 0. The molecule has 1 N–H and O–H groups in total. The summed E-state index contributed by atoms with van der Waals surface area (Å²) in [6, 6.07) is 18.1. The van der Waals surface area contributed by atoms with E-state index >= 15 is 0 Å². The summed E-state index contributed by atoms with van der Waals surface area (Å²) in [7, 11) is 1.68. The van der Waals surface area contributed by atoms with Gasteiger partial charge in [-0.2, -0.15) is 0 Å². The van der Waals surface area contributed by atoms with Crippen LogP contribution in [-0.2, 0) is 0 Å². The van der Waals surface area contributed by atoms with Crippen molar-refractivity contribution in [1.29, 1.82) is 0 Å². The Kier molecular flexibility index (Phi) is 6.18. The molecule has 3 aromatic rings. The summed E-state index contributed by atoms with van der Waals surface area (Å²) >= 11 is 1.53. The first-order chi connectivity index (χ1) is 14.6. The Morgan fingerprint density at radius 2 is 1.70 bits per heavy atom. The molecule has 1 fully saturated rings. The number of methoxy groups -OCH3 is 1. The number of rotatable bonds is 6. The van der Waals surface area contributed by atoms with Crippen LogP contribution in [0.4, 0.5) is 10.8 Å². The topological polar surface area (TPSA) is 57.7 Å².